The average Bonchev–Trinajstić information content (AvgIpc) is 2.70. The van der Waals surface area contributed by atoms with Gasteiger partial charge in [-0.1, -0.05) is 18.2 Å². The van der Waals surface area contributed by atoms with Crippen molar-refractivity contribution in [1.82, 2.24) is 15.4 Å². The molecule has 0 bridgehead atoms. The van der Waals surface area contributed by atoms with E-state index < -0.39 is 0 Å². The summed E-state index contributed by atoms with van der Waals surface area (Å²) in [5.74, 6) is 0.925. The summed E-state index contributed by atoms with van der Waals surface area (Å²) in [6.07, 6.45) is 0. The molecule has 9 N–H and O–H groups in total. The molecule has 30 heavy (non-hydrogen) atoms. The molecular weight excluding hydrogens is 378 g/mol. The van der Waals surface area contributed by atoms with Gasteiger partial charge in [0.05, 0.1) is 0 Å². The summed E-state index contributed by atoms with van der Waals surface area (Å²) >= 11 is 0. The fraction of sp³-hybridized carbons (Fsp3) is 0. The van der Waals surface area contributed by atoms with Crippen LogP contribution in [0, 0.1) is 0 Å². The lowest BCUT2D eigenvalue weighted by Crippen LogP contribution is -2.08. The van der Waals surface area contributed by atoms with Gasteiger partial charge in [-0.25, -0.2) is 0 Å². The third-order valence-corrected chi connectivity index (χ3v) is 4.22. The largest absolute Gasteiger partial charge is 0.399 e. The second-order valence-corrected chi connectivity index (χ2v) is 6.61. The molecule has 9 nitrogen and oxygen atoms in total. The number of nitrogens with two attached hydrogens (primary N) is 3. The topological polar surface area (TPSA) is 153 Å². The monoisotopic (exact) mass is 399 g/mol. The van der Waals surface area contributed by atoms with Crippen LogP contribution in [-0.2, 0) is 0 Å². The number of hydrogen-bond donors (Lipinski definition) is 6. The molecule has 0 saturated carbocycles. The van der Waals surface area contributed by atoms with Gasteiger partial charge in [0.1, 0.15) is 5.69 Å². The van der Waals surface area contributed by atoms with Crippen molar-refractivity contribution in [2.45, 2.75) is 0 Å². The van der Waals surface area contributed by atoms with Gasteiger partial charge >= 0.3 is 0 Å². The maximum Gasteiger partial charge on any atom is 0.182 e. The Kier molecular flexibility index (Phi) is 5.16. The number of nitrogens with zero attached hydrogens (tertiary/aromatic N) is 3. The number of anilines is 9. The Hall–Kier alpha value is -4.53. The van der Waals surface area contributed by atoms with Crippen molar-refractivity contribution in [2.24, 2.45) is 0 Å². The average molecular weight is 399 g/mol. The van der Waals surface area contributed by atoms with Crippen LogP contribution in [0.5, 0.6) is 0 Å². The van der Waals surface area contributed by atoms with Crippen LogP contribution in [-0.4, -0.2) is 15.4 Å². The summed E-state index contributed by atoms with van der Waals surface area (Å²) in [6.45, 7) is 0. The van der Waals surface area contributed by atoms with Gasteiger partial charge in [-0.2, -0.15) is 0 Å². The number of hydrogen-bond acceptors (Lipinski definition) is 9. The quantitative estimate of drug-likeness (QED) is 0.265. The fourth-order valence-corrected chi connectivity index (χ4v) is 2.88. The molecule has 0 unspecified atom stereocenters. The zero-order valence-corrected chi connectivity index (χ0v) is 16.0. The Morgan fingerprint density at radius 2 is 0.933 bits per heavy atom. The predicted molar refractivity (Wildman–Crippen MR) is 122 cm³/mol. The van der Waals surface area contributed by atoms with E-state index in [1.165, 1.54) is 0 Å². The molecule has 0 saturated heterocycles. The Labute approximate surface area is 173 Å². The molecule has 0 spiro atoms. The SMILES string of the molecule is Nc1cccc(Nc2nnnc(Nc3cccc(N)c3)c2Nc2cccc(N)c2)c1. The summed E-state index contributed by atoms with van der Waals surface area (Å²) in [4.78, 5) is 0. The molecule has 4 rings (SSSR count). The molecule has 0 atom stereocenters. The summed E-state index contributed by atoms with van der Waals surface area (Å²) in [6, 6.07) is 22.1. The summed E-state index contributed by atoms with van der Waals surface area (Å²) in [7, 11) is 0. The summed E-state index contributed by atoms with van der Waals surface area (Å²) < 4.78 is 0. The van der Waals surface area contributed by atoms with E-state index >= 15 is 0 Å². The zero-order chi connectivity index (χ0) is 20.9. The first-order chi connectivity index (χ1) is 14.6. The first-order valence-corrected chi connectivity index (χ1v) is 9.18. The molecule has 3 aromatic carbocycles. The van der Waals surface area contributed by atoms with Gasteiger partial charge in [0.15, 0.2) is 11.6 Å². The van der Waals surface area contributed by atoms with Crippen LogP contribution in [0.15, 0.2) is 72.8 Å². The highest BCUT2D eigenvalue weighted by molar-refractivity contribution is 5.86. The Morgan fingerprint density at radius 1 is 0.533 bits per heavy atom. The lowest BCUT2D eigenvalue weighted by atomic mass is 10.2. The van der Waals surface area contributed by atoms with Gasteiger partial charge < -0.3 is 33.2 Å². The van der Waals surface area contributed by atoms with E-state index in [2.05, 4.69) is 31.4 Å². The van der Waals surface area contributed by atoms with Crippen LogP contribution in [0.2, 0.25) is 0 Å². The van der Waals surface area contributed by atoms with Crippen molar-refractivity contribution in [1.29, 1.82) is 0 Å². The molecule has 4 aromatic rings. The van der Waals surface area contributed by atoms with Gasteiger partial charge in [-0.15, -0.1) is 10.2 Å². The van der Waals surface area contributed by atoms with Gasteiger partial charge in [0, 0.05) is 34.1 Å². The van der Waals surface area contributed by atoms with E-state index in [1.807, 2.05) is 60.7 Å². The minimum absolute atomic E-state index is 0.462. The van der Waals surface area contributed by atoms with E-state index in [0.717, 1.165) is 17.1 Å². The van der Waals surface area contributed by atoms with Crippen molar-refractivity contribution < 1.29 is 0 Å². The minimum atomic E-state index is 0.462. The van der Waals surface area contributed by atoms with Crippen molar-refractivity contribution in [3.05, 3.63) is 72.8 Å². The number of benzene rings is 3. The van der Waals surface area contributed by atoms with Crippen LogP contribution in [0.25, 0.3) is 0 Å². The Bertz CT molecular complexity index is 1110. The highest BCUT2D eigenvalue weighted by Crippen LogP contribution is 2.34. The fourth-order valence-electron chi connectivity index (χ4n) is 2.88. The van der Waals surface area contributed by atoms with E-state index in [4.69, 9.17) is 17.2 Å². The Morgan fingerprint density at radius 3 is 1.33 bits per heavy atom. The molecule has 0 aliphatic carbocycles. The molecule has 0 radical (unpaired) electrons. The number of nitrogens with one attached hydrogen (secondary N) is 3. The van der Waals surface area contributed by atoms with Gasteiger partial charge in [-0.05, 0) is 59.8 Å². The van der Waals surface area contributed by atoms with Gasteiger partial charge in [0.2, 0.25) is 0 Å². The summed E-state index contributed by atoms with van der Waals surface area (Å²) in [5.41, 5.74) is 22.5. The van der Waals surface area contributed by atoms with Crippen LogP contribution >= 0.6 is 0 Å². The highest BCUT2D eigenvalue weighted by Gasteiger charge is 2.15. The molecule has 0 fully saturated rings. The zero-order valence-electron chi connectivity index (χ0n) is 16.0. The lowest BCUT2D eigenvalue weighted by Gasteiger charge is -2.16. The third kappa shape index (κ3) is 4.47. The summed E-state index contributed by atoms with van der Waals surface area (Å²) in [5, 5.41) is 22.0. The number of nitrogen functional groups attached to an aromatic ring is 3. The first-order valence-electron chi connectivity index (χ1n) is 9.18. The standard InChI is InChI=1S/C21H21N9/c22-13-4-1-7-16(10-13)25-19-20(26-17-8-2-5-14(23)11-17)28-30-29-21(19)27-18-9-3-6-15(24)12-18/h1-12H,22-24H2,(H,25,30)(H2,26,27,28,29). The van der Waals surface area contributed by atoms with Crippen LogP contribution in [0.3, 0.4) is 0 Å². The van der Waals surface area contributed by atoms with E-state index in [1.54, 1.807) is 12.1 Å². The number of aromatic nitrogens is 3. The van der Waals surface area contributed by atoms with Crippen molar-refractivity contribution >= 4 is 51.4 Å². The molecule has 0 aliphatic rings. The molecule has 9 heteroatoms. The van der Waals surface area contributed by atoms with Gasteiger partial charge in [0.25, 0.3) is 0 Å². The number of rotatable bonds is 6. The highest BCUT2D eigenvalue weighted by atomic mass is 15.4. The second kappa shape index (κ2) is 8.23. The second-order valence-electron chi connectivity index (χ2n) is 6.61. The Balaban J connectivity index is 1.74. The normalized spacial score (nSPS) is 10.4. The van der Waals surface area contributed by atoms with Crippen LogP contribution < -0.4 is 33.2 Å². The smallest absolute Gasteiger partial charge is 0.182 e. The van der Waals surface area contributed by atoms with E-state index in [0.29, 0.717) is 34.4 Å². The van der Waals surface area contributed by atoms with Crippen molar-refractivity contribution in [3.63, 3.8) is 0 Å². The van der Waals surface area contributed by atoms with Crippen LogP contribution in [0.1, 0.15) is 0 Å². The molecule has 0 amide bonds. The maximum atomic E-state index is 5.93. The maximum absolute atomic E-state index is 5.93. The van der Waals surface area contributed by atoms with Crippen molar-refractivity contribution in [3.8, 4) is 0 Å². The van der Waals surface area contributed by atoms with Crippen molar-refractivity contribution in [2.75, 3.05) is 33.2 Å². The molecule has 150 valence electrons. The minimum Gasteiger partial charge on any atom is -0.399 e. The van der Waals surface area contributed by atoms with Gasteiger partial charge in [-0.3, -0.25) is 0 Å². The van der Waals surface area contributed by atoms with E-state index in [-0.39, 0.29) is 0 Å². The third-order valence-electron chi connectivity index (χ3n) is 4.22. The predicted octanol–water partition coefficient (Wildman–Crippen LogP) is 3.85. The molecule has 1 aromatic heterocycles. The lowest BCUT2D eigenvalue weighted by molar-refractivity contribution is 0.879. The molecule has 1 heterocycles. The molecule has 0 aliphatic heterocycles. The van der Waals surface area contributed by atoms with Crippen LogP contribution in [0.4, 0.5) is 51.4 Å². The van der Waals surface area contributed by atoms with E-state index in [9.17, 15) is 0 Å². The molecular formula is C21H21N9. The first kappa shape index (κ1) is 18.8.